The first-order chi connectivity index (χ1) is 9.96. The van der Waals surface area contributed by atoms with Crippen molar-refractivity contribution in [2.75, 3.05) is 11.9 Å². The van der Waals surface area contributed by atoms with Crippen LogP contribution in [0.4, 0.5) is 10.5 Å². The fourth-order valence-electron chi connectivity index (χ4n) is 2.46. The summed E-state index contributed by atoms with van der Waals surface area (Å²) in [5.74, 6) is -1.07. The Morgan fingerprint density at radius 3 is 2.67 bits per heavy atom. The van der Waals surface area contributed by atoms with E-state index in [2.05, 4.69) is 33.5 Å². The van der Waals surface area contributed by atoms with Gasteiger partial charge in [0.15, 0.2) is 0 Å². The van der Waals surface area contributed by atoms with Gasteiger partial charge in [-0.15, -0.1) is 0 Å². The van der Waals surface area contributed by atoms with Crippen molar-refractivity contribution in [1.82, 2.24) is 5.32 Å². The molecule has 0 radical (unpaired) electrons. The van der Waals surface area contributed by atoms with E-state index in [0.29, 0.717) is 16.7 Å². The largest absolute Gasteiger partial charge is 0.478 e. The summed E-state index contributed by atoms with van der Waals surface area (Å²) in [6.45, 7) is 2.78. The van der Waals surface area contributed by atoms with Gasteiger partial charge in [-0.25, -0.2) is 9.59 Å². The SMILES string of the molecule is CCCC1(CNC(=O)Nc2ccc(Br)cc2C(=O)O)CC1. The third kappa shape index (κ3) is 4.20. The summed E-state index contributed by atoms with van der Waals surface area (Å²) < 4.78 is 0.658. The summed E-state index contributed by atoms with van der Waals surface area (Å²) in [5.41, 5.74) is 0.624. The molecule has 0 unspecified atom stereocenters. The standard InChI is InChI=1S/C15H19BrN2O3/c1-2-5-15(6-7-15)9-17-14(21)18-12-4-3-10(16)8-11(12)13(19)20/h3-4,8H,2,5-7,9H2,1H3,(H,19,20)(H2,17,18,21). The van der Waals surface area contributed by atoms with Gasteiger partial charge in [0.2, 0.25) is 0 Å². The molecule has 1 aliphatic rings. The molecule has 3 N–H and O–H groups in total. The van der Waals surface area contributed by atoms with Crippen LogP contribution in [0.2, 0.25) is 0 Å². The second-order valence-electron chi connectivity index (χ2n) is 5.55. The molecule has 0 heterocycles. The van der Waals surface area contributed by atoms with Crippen LogP contribution in [0.3, 0.4) is 0 Å². The summed E-state index contributed by atoms with van der Waals surface area (Å²) in [7, 11) is 0. The molecule has 0 bridgehead atoms. The Balaban J connectivity index is 1.95. The van der Waals surface area contributed by atoms with Gasteiger partial charge in [-0.3, -0.25) is 0 Å². The van der Waals surface area contributed by atoms with Crippen LogP contribution in [0.25, 0.3) is 0 Å². The van der Waals surface area contributed by atoms with E-state index >= 15 is 0 Å². The molecule has 5 nitrogen and oxygen atoms in total. The van der Waals surface area contributed by atoms with Gasteiger partial charge in [0.25, 0.3) is 0 Å². The van der Waals surface area contributed by atoms with Crippen molar-refractivity contribution in [2.24, 2.45) is 5.41 Å². The number of urea groups is 1. The van der Waals surface area contributed by atoms with Crippen LogP contribution < -0.4 is 10.6 Å². The molecule has 1 fully saturated rings. The first-order valence-corrected chi connectivity index (χ1v) is 7.83. The number of rotatable bonds is 6. The Hall–Kier alpha value is -1.56. The number of carboxylic acid groups (broad SMARTS) is 1. The van der Waals surface area contributed by atoms with Crippen LogP contribution in [0.15, 0.2) is 22.7 Å². The number of aromatic carboxylic acids is 1. The third-order valence-corrected chi connectivity index (χ3v) is 4.31. The highest BCUT2D eigenvalue weighted by Gasteiger charge is 2.41. The highest BCUT2D eigenvalue weighted by atomic mass is 79.9. The molecule has 2 rings (SSSR count). The number of carboxylic acids is 1. The average Bonchev–Trinajstić information content (AvgIpc) is 3.19. The Morgan fingerprint density at radius 2 is 2.10 bits per heavy atom. The summed E-state index contributed by atoms with van der Waals surface area (Å²) in [6, 6.07) is 4.38. The maximum Gasteiger partial charge on any atom is 0.337 e. The molecule has 6 heteroatoms. The van der Waals surface area contributed by atoms with Gasteiger partial charge in [0.1, 0.15) is 0 Å². The normalized spacial score (nSPS) is 15.3. The topological polar surface area (TPSA) is 78.4 Å². The van der Waals surface area contributed by atoms with E-state index in [1.54, 1.807) is 12.1 Å². The second-order valence-corrected chi connectivity index (χ2v) is 6.47. The number of nitrogens with one attached hydrogen (secondary N) is 2. The zero-order valence-corrected chi connectivity index (χ0v) is 13.5. The molecule has 2 amide bonds. The van der Waals surface area contributed by atoms with Crippen molar-refractivity contribution in [2.45, 2.75) is 32.6 Å². The van der Waals surface area contributed by atoms with Crippen molar-refractivity contribution < 1.29 is 14.7 Å². The first kappa shape index (κ1) is 15.8. The number of hydrogen-bond acceptors (Lipinski definition) is 2. The zero-order chi connectivity index (χ0) is 15.5. The molecular weight excluding hydrogens is 336 g/mol. The Morgan fingerprint density at radius 1 is 1.38 bits per heavy atom. The molecule has 1 aliphatic carbocycles. The predicted octanol–water partition coefficient (Wildman–Crippen LogP) is 3.85. The minimum absolute atomic E-state index is 0.0641. The van der Waals surface area contributed by atoms with Gasteiger partial charge >= 0.3 is 12.0 Å². The highest BCUT2D eigenvalue weighted by Crippen LogP contribution is 2.48. The van der Waals surface area contributed by atoms with E-state index in [1.807, 2.05) is 0 Å². The van der Waals surface area contributed by atoms with Gasteiger partial charge in [-0.2, -0.15) is 0 Å². The first-order valence-electron chi connectivity index (χ1n) is 7.03. The van der Waals surface area contributed by atoms with Gasteiger partial charge in [-0.1, -0.05) is 29.3 Å². The van der Waals surface area contributed by atoms with E-state index in [1.165, 1.54) is 6.07 Å². The number of amides is 2. The maximum absolute atomic E-state index is 11.9. The van der Waals surface area contributed by atoms with Crippen molar-refractivity contribution in [1.29, 1.82) is 0 Å². The maximum atomic E-state index is 11.9. The molecule has 1 aromatic carbocycles. The fraction of sp³-hybridized carbons (Fsp3) is 0.467. The molecular formula is C15H19BrN2O3. The number of benzene rings is 1. The quantitative estimate of drug-likeness (QED) is 0.725. The van der Waals surface area contributed by atoms with Crippen LogP contribution in [-0.2, 0) is 0 Å². The fourth-order valence-corrected chi connectivity index (χ4v) is 2.82. The lowest BCUT2D eigenvalue weighted by Crippen LogP contribution is -2.34. The van der Waals surface area contributed by atoms with Gasteiger partial charge in [0, 0.05) is 11.0 Å². The molecule has 0 saturated heterocycles. The lowest BCUT2D eigenvalue weighted by atomic mass is 10.0. The predicted molar refractivity (Wildman–Crippen MR) is 84.7 cm³/mol. The zero-order valence-electron chi connectivity index (χ0n) is 11.9. The molecule has 0 aromatic heterocycles. The number of hydrogen-bond donors (Lipinski definition) is 3. The average molecular weight is 355 g/mol. The minimum Gasteiger partial charge on any atom is -0.478 e. The molecule has 1 aromatic rings. The van der Waals surface area contributed by atoms with Crippen LogP contribution in [0.5, 0.6) is 0 Å². The third-order valence-electron chi connectivity index (χ3n) is 3.82. The van der Waals surface area contributed by atoms with Crippen molar-refractivity contribution in [3.8, 4) is 0 Å². The second kappa shape index (κ2) is 6.47. The molecule has 1 saturated carbocycles. The lowest BCUT2D eigenvalue weighted by molar-refractivity contribution is 0.0698. The summed E-state index contributed by atoms with van der Waals surface area (Å²) in [5, 5.41) is 14.6. The number of carbonyl (C=O) groups excluding carboxylic acids is 1. The van der Waals surface area contributed by atoms with Crippen LogP contribution in [-0.4, -0.2) is 23.7 Å². The summed E-state index contributed by atoms with van der Waals surface area (Å²) in [4.78, 5) is 23.1. The molecule has 0 atom stereocenters. The highest BCUT2D eigenvalue weighted by molar-refractivity contribution is 9.10. The molecule has 0 aliphatic heterocycles. The van der Waals surface area contributed by atoms with Crippen molar-refractivity contribution >= 4 is 33.6 Å². The van der Waals surface area contributed by atoms with E-state index in [4.69, 9.17) is 5.11 Å². The molecule has 21 heavy (non-hydrogen) atoms. The summed E-state index contributed by atoms with van der Waals surface area (Å²) in [6.07, 6.45) is 4.53. The summed E-state index contributed by atoms with van der Waals surface area (Å²) >= 11 is 3.22. The van der Waals surface area contributed by atoms with Gasteiger partial charge < -0.3 is 15.7 Å². The van der Waals surface area contributed by atoms with E-state index in [9.17, 15) is 9.59 Å². The van der Waals surface area contributed by atoms with E-state index in [-0.39, 0.29) is 17.0 Å². The van der Waals surface area contributed by atoms with Crippen molar-refractivity contribution in [3.05, 3.63) is 28.2 Å². The van der Waals surface area contributed by atoms with Gasteiger partial charge in [-0.05, 0) is 42.9 Å². The monoisotopic (exact) mass is 354 g/mol. The van der Waals surface area contributed by atoms with E-state index < -0.39 is 5.97 Å². The number of carbonyl (C=O) groups is 2. The van der Waals surface area contributed by atoms with Gasteiger partial charge in [0.05, 0.1) is 11.3 Å². The van der Waals surface area contributed by atoms with Crippen LogP contribution in [0.1, 0.15) is 43.0 Å². The smallest absolute Gasteiger partial charge is 0.337 e. The number of anilines is 1. The molecule has 114 valence electrons. The lowest BCUT2D eigenvalue weighted by Gasteiger charge is -2.16. The van der Waals surface area contributed by atoms with Crippen molar-refractivity contribution in [3.63, 3.8) is 0 Å². The minimum atomic E-state index is -1.07. The Kier molecular flexibility index (Phi) is 4.88. The Bertz CT molecular complexity index is 556. The Labute approximate surface area is 132 Å². The van der Waals surface area contributed by atoms with Crippen LogP contribution in [0, 0.1) is 5.41 Å². The number of halogens is 1. The molecule has 0 spiro atoms. The van der Waals surface area contributed by atoms with Crippen LogP contribution >= 0.6 is 15.9 Å². The van der Waals surface area contributed by atoms with E-state index in [0.717, 1.165) is 25.7 Å².